The number of amides is 1. The third-order valence-electron chi connectivity index (χ3n) is 3.77. The molecule has 0 heterocycles. The van der Waals surface area contributed by atoms with Gasteiger partial charge in [-0.3, -0.25) is 4.79 Å². The van der Waals surface area contributed by atoms with Crippen LogP contribution in [0, 0.1) is 0 Å². The lowest BCUT2D eigenvalue weighted by Gasteiger charge is -2.26. The molecule has 0 unspecified atom stereocenters. The number of benzene rings is 2. The maximum atomic E-state index is 12.6. The van der Waals surface area contributed by atoms with Crippen molar-refractivity contribution in [2.45, 2.75) is 19.9 Å². The minimum atomic E-state index is -0.630. The number of rotatable bonds is 7. The van der Waals surface area contributed by atoms with Gasteiger partial charge >= 0.3 is 5.97 Å². The van der Waals surface area contributed by atoms with Gasteiger partial charge in [-0.2, -0.15) is 0 Å². The summed E-state index contributed by atoms with van der Waals surface area (Å²) in [6, 6.07) is 14.0. The highest BCUT2D eigenvalue weighted by molar-refractivity contribution is 5.98. The Morgan fingerprint density at radius 2 is 1.69 bits per heavy atom. The number of hydrogen-bond donors (Lipinski definition) is 0. The van der Waals surface area contributed by atoms with Crippen LogP contribution in [-0.2, 0) is 9.53 Å². The molecule has 0 bridgehead atoms. The van der Waals surface area contributed by atoms with E-state index in [1.165, 1.54) is 14.2 Å². The molecule has 6 nitrogen and oxygen atoms in total. The van der Waals surface area contributed by atoms with Crippen LogP contribution in [0.3, 0.4) is 0 Å². The Morgan fingerprint density at radius 3 is 2.27 bits per heavy atom. The smallest absolute Gasteiger partial charge is 0.342 e. The molecule has 0 atom stereocenters. The van der Waals surface area contributed by atoms with Crippen LogP contribution in [0.1, 0.15) is 24.2 Å². The van der Waals surface area contributed by atoms with Crippen molar-refractivity contribution in [1.29, 1.82) is 0 Å². The van der Waals surface area contributed by atoms with Crippen molar-refractivity contribution in [2.75, 3.05) is 25.7 Å². The van der Waals surface area contributed by atoms with Gasteiger partial charge in [-0.15, -0.1) is 0 Å². The van der Waals surface area contributed by atoms with E-state index in [1.807, 2.05) is 44.2 Å². The molecular formula is C20H23NO5. The molecule has 0 saturated heterocycles. The second-order valence-electron chi connectivity index (χ2n) is 5.84. The van der Waals surface area contributed by atoms with Gasteiger partial charge in [0.2, 0.25) is 0 Å². The van der Waals surface area contributed by atoms with Crippen LogP contribution in [0.5, 0.6) is 11.5 Å². The van der Waals surface area contributed by atoms with Crippen LogP contribution in [0.25, 0.3) is 0 Å². The number of carbonyl (C=O) groups is 2. The highest BCUT2D eigenvalue weighted by Crippen LogP contribution is 2.25. The Morgan fingerprint density at radius 1 is 1.00 bits per heavy atom. The molecule has 0 aliphatic heterocycles. The average Bonchev–Trinajstić information content (AvgIpc) is 2.66. The fourth-order valence-electron chi connectivity index (χ4n) is 2.56. The highest BCUT2D eigenvalue weighted by atomic mass is 16.5. The van der Waals surface area contributed by atoms with Crippen molar-refractivity contribution in [2.24, 2.45) is 0 Å². The second kappa shape index (κ2) is 8.89. The van der Waals surface area contributed by atoms with E-state index in [2.05, 4.69) is 0 Å². The molecular weight excluding hydrogens is 334 g/mol. The highest BCUT2D eigenvalue weighted by Gasteiger charge is 2.22. The summed E-state index contributed by atoms with van der Waals surface area (Å²) in [5.74, 6) is -0.0447. The van der Waals surface area contributed by atoms with Crippen LogP contribution in [0.4, 0.5) is 5.69 Å². The molecule has 26 heavy (non-hydrogen) atoms. The molecule has 0 aromatic heterocycles. The lowest BCUT2D eigenvalue weighted by atomic mass is 10.2. The van der Waals surface area contributed by atoms with Gasteiger partial charge in [0, 0.05) is 17.8 Å². The molecule has 0 aliphatic carbocycles. The van der Waals surface area contributed by atoms with Gasteiger partial charge in [0.05, 0.1) is 14.2 Å². The molecule has 2 aromatic rings. The van der Waals surface area contributed by atoms with Crippen LogP contribution in [-0.4, -0.2) is 38.7 Å². The molecule has 0 aliphatic rings. The lowest BCUT2D eigenvalue weighted by Crippen LogP contribution is -2.39. The zero-order valence-electron chi connectivity index (χ0n) is 15.4. The van der Waals surface area contributed by atoms with Gasteiger partial charge in [0.1, 0.15) is 17.1 Å². The van der Waals surface area contributed by atoms with Gasteiger partial charge in [-0.05, 0) is 38.1 Å². The predicted octanol–water partition coefficient (Wildman–Crippen LogP) is 3.30. The lowest BCUT2D eigenvalue weighted by molar-refractivity contribution is -0.122. The Balaban J connectivity index is 2.09. The largest absolute Gasteiger partial charge is 0.497 e. The predicted molar refractivity (Wildman–Crippen MR) is 98.9 cm³/mol. The third kappa shape index (κ3) is 4.53. The van der Waals surface area contributed by atoms with E-state index >= 15 is 0 Å². The van der Waals surface area contributed by atoms with Crippen molar-refractivity contribution in [3.8, 4) is 11.5 Å². The summed E-state index contributed by atoms with van der Waals surface area (Å²) in [6.07, 6.45) is 0. The number of methoxy groups -OCH3 is 2. The van der Waals surface area contributed by atoms with Crippen LogP contribution >= 0.6 is 0 Å². The van der Waals surface area contributed by atoms with E-state index in [1.54, 1.807) is 23.1 Å². The summed E-state index contributed by atoms with van der Waals surface area (Å²) in [4.78, 5) is 26.5. The number of hydrogen-bond acceptors (Lipinski definition) is 5. The molecule has 2 aromatic carbocycles. The first-order valence-corrected chi connectivity index (χ1v) is 8.24. The number of carbonyl (C=O) groups excluding carboxylic acids is 2. The van der Waals surface area contributed by atoms with E-state index < -0.39 is 5.97 Å². The monoisotopic (exact) mass is 357 g/mol. The van der Waals surface area contributed by atoms with E-state index in [0.29, 0.717) is 11.5 Å². The maximum absolute atomic E-state index is 12.6. The van der Waals surface area contributed by atoms with Crippen LogP contribution < -0.4 is 14.4 Å². The van der Waals surface area contributed by atoms with E-state index in [0.717, 1.165) is 5.69 Å². The number of esters is 1. The summed E-state index contributed by atoms with van der Waals surface area (Å²) in [5.41, 5.74) is 0.988. The first-order valence-electron chi connectivity index (χ1n) is 8.24. The molecule has 2 rings (SSSR count). The fourth-order valence-corrected chi connectivity index (χ4v) is 2.56. The maximum Gasteiger partial charge on any atom is 0.342 e. The van der Waals surface area contributed by atoms with Gasteiger partial charge in [0.25, 0.3) is 5.91 Å². The van der Waals surface area contributed by atoms with E-state index in [9.17, 15) is 9.59 Å². The quantitative estimate of drug-likeness (QED) is 0.712. The van der Waals surface area contributed by atoms with Crippen molar-refractivity contribution in [3.63, 3.8) is 0 Å². The van der Waals surface area contributed by atoms with Crippen LogP contribution in [0.2, 0.25) is 0 Å². The molecule has 0 N–H and O–H groups in total. The molecule has 6 heteroatoms. The minimum Gasteiger partial charge on any atom is -0.497 e. The van der Waals surface area contributed by atoms with Crippen molar-refractivity contribution in [1.82, 2.24) is 0 Å². The van der Waals surface area contributed by atoms with Gasteiger partial charge < -0.3 is 19.1 Å². The fraction of sp³-hybridized carbons (Fsp3) is 0.300. The molecule has 0 spiro atoms. The molecule has 0 saturated carbocycles. The van der Waals surface area contributed by atoms with Gasteiger partial charge in [0.15, 0.2) is 6.61 Å². The Hall–Kier alpha value is -3.02. The summed E-state index contributed by atoms with van der Waals surface area (Å²) >= 11 is 0. The minimum absolute atomic E-state index is 0.0703. The molecule has 138 valence electrons. The summed E-state index contributed by atoms with van der Waals surface area (Å²) < 4.78 is 15.5. The van der Waals surface area contributed by atoms with Gasteiger partial charge in [-0.1, -0.05) is 18.2 Å². The summed E-state index contributed by atoms with van der Waals surface area (Å²) in [5, 5.41) is 0. The van der Waals surface area contributed by atoms with Crippen molar-refractivity contribution in [3.05, 3.63) is 54.1 Å². The number of para-hydroxylation sites is 1. The summed E-state index contributed by atoms with van der Waals surface area (Å²) in [6.45, 7) is 3.44. The zero-order chi connectivity index (χ0) is 19.1. The van der Waals surface area contributed by atoms with E-state index in [4.69, 9.17) is 14.2 Å². The average molecular weight is 357 g/mol. The second-order valence-corrected chi connectivity index (χ2v) is 5.84. The first-order chi connectivity index (χ1) is 12.5. The SMILES string of the molecule is COc1ccc(C(=O)OCC(=O)N(c2ccccc2)C(C)C)c(OC)c1. The number of anilines is 1. The summed E-state index contributed by atoms with van der Waals surface area (Å²) in [7, 11) is 2.97. The molecule has 0 radical (unpaired) electrons. The third-order valence-corrected chi connectivity index (χ3v) is 3.77. The van der Waals surface area contributed by atoms with Crippen LogP contribution in [0.15, 0.2) is 48.5 Å². The Kier molecular flexibility index (Phi) is 6.60. The Bertz CT molecular complexity index is 758. The van der Waals surface area contributed by atoms with Crippen molar-refractivity contribution >= 4 is 17.6 Å². The number of ether oxygens (including phenoxy) is 3. The van der Waals surface area contributed by atoms with Gasteiger partial charge in [-0.25, -0.2) is 4.79 Å². The zero-order valence-corrected chi connectivity index (χ0v) is 15.4. The number of nitrogens with zero attached hydrogens (tertiary/aromatic N) is 1. The normalized spacial score (nSPS) is 10.3. The van der Waals surface area contributed by atoms with Crippen molar-refractivity contribution < 1.29 is 23.8 Å². The molecule has 1 amide bonds. The molecule has 0 fully saturated rings. The topological polar surface area (TPSA) is 65.1 Å². The standard InChI is InChI=1S/C20H23NO5/c1-14(2)21(15-8-6-5-7-9-15)19(22)13-26-20(23)17-11-10-16(24-3)12-18(17)25-4/h5-12,14H,13H2,1-4H3. The van der Waals surface area contributed by atoms with E-state index in [-0.39, 0.29) is 24.1 Å². The first kappa shape index (κ1) is 19.3. The Labute approximate surface area is 153 Å².